The molecular formula is C19H21N3OS. The van der Waals surface area contributed by atoms with Crippen LogP contribution in [0.1, 0.15) is 29.7 Å². The maximum atomic E-state index is 12.1. The van der Waals surface area contributed by atoms with Gasteiger partial charge in [-0.3, -0.25) is 4.79 Å². The number of thioether (sulfide) groups is 1. The van der Waals surface area contributed by atoms with Gasteiger partial charge in [-0.05, 0) is 49.6 Å². The average molecular weight is 339 g/mol. The van der Waals surface area contributed by atoms with Crippen molar-refractivity contribution in [2.75, 3.05) is 5.75 Å². The lowest BCUT2D eigenvalue weighted by molar-refractivity contribution is -0.119. The Labute approximate surface area is 146 Å². The van der Waals surface area contributed by atoms with Gasteiger partial charge in [0.05, 0.1) is 22.8 Å². The molecule has 0 fully saturated rings. The highest BCUT2D eigenvalue weighted by molar-refractivity contribution is 7.99. The fourth-order valence-corrected chi connectivity index (χ4v) is 3.25. The molecule has 2 N–H and O–H groups in total. The molecule has 0 aliphatic heterocycles. The number of imidazole rings is 1. The second-order valence-corrected chi connectivity index (χ2v) is 6.95. The number of aromatic nitrogens is 2. The van der Waals surface area contributed by atoms with E-state index in [9.17, 15) is 4.79 Å². The highest BCUT2D eigenvalue weighted by Gasteiger charge is 2.11. The van der Waals surface area contributed by atoms with Crippen molar-refractivity contribution in [3.05, 3.63) is 59.2 Å². The van der Waals surface area contributed by atoms with Gasteiger partial charge in [0.25, 0.3) is 0 Å². The zero-order valence-corrected chi connectivity index (χ0v) is 14.9. The Morgan fingerprint density at radius 1 is 1.21 bits per heavy atom. The van der Waals surface area contributed by atoms with Gasteiger partial charge in [-0.25, -0.2) is 4.98 Å². The molecule has 2 aromatic carbocycles. The van der Waals surface area contributed by atoms with Crippen molar-refractivity contribution in [2.24, 2.45) is 0 Å². The monoisotopic (exact) mass is 339 g/mol. The number of aromatic amines is 1. The van der Waals surface area contributed by atoms with Crippen LogP contribution in [0.15, 0.2) is 47.6 Å². The van der Waals surface area contributed by atoms with Crippen molar-refractivity contribution < 1.29 is 4.79 Å². The highest BCUT2D eigenvalue weighted by atomic mass is 32.2. The quantitative estimate of drug-likeness (QED) is 0.687. The van der Waals surface area contributed by atoms with E-state index in [1.54, 1.807) is 0 Å². The van der Waals surface area contributed by atoms with E-state index in [0.29, 0.717) is 5.75 Å². The van der Waals surface area contributed by atoms with Crippen molar-refractivity contribution in [3.8, 4) is 0 Å². The third kappa shape index (κ3) is 3.79. The number of rotatable bonds is 5. The molecule has 0 unspecified atom stereocenters. The molecule has 0 saturated carbocycles. The third-order valence-corrected chi connectivity index (χ3v) is 4.97. The number of hydrogen-bond donors (Lipinski definition) is 2. The lowest BCUT2D eigenvalue weighted by Gasteiger charge is -2.13. The van der Waals surface area contributed by atoms with Crippen LogP contribution in [0.25, 0.3) is 11.0 Å². The minimum absolute atomic E-state index is 0.000252. The number of nitrogens with one attached hydrogen (secondary N) is 2. The van der Waals surface area contributed by atoms with Gasteiger partial charge in [0, 0.05) is 0 Å². The van der Waals surface area contributed by atoms with Crippen LogP contribution in [0.5, 0.6) is 0 Å². The zero-order chi connectivity index (χ0) is 17.1. The predicted octanol–water partition coefficient (Wildman–Crippen LogP) is 4.15. The van der Waals surface area contributed by atoms with Gasteiger partial charge in [-0.2, -0.15) is 0 Å². The van der Waals surface area contributed by atoms with Crippen LogP contribution in [0.3, 0.4) is 0 Å². The molecule has 0 aliphatic rings. The van der Waals surface area contributed by atoms with Crippen molar-refractivity contribution >= 4 is 28.7 Å². The van der Waals surface area contributed by atoms with Crippen LogP contribution in [-0.2, 0) is 4.79 Å². The van der Waals surface area contributed by atoms with Crippen molar-refractivity contribution in [2.45, 2.75) is 32.0 Å². The van der Waals surface area contributed by atoms with Crippen LogP contribution in [0.4, 0.5) is 0 Å². The third-order valence-electron chi connectivity index (χ3n) is 4.09. The molecule has 0 saturated heterocycles. The average Bonchev–Trinajstić information content (AvgIpc) is 2.96. The van der Waals surface area contributed by atoms with Crippen LogP contribution < -0.4 is 5.32 Å². The van der Waals surface area contributed by atoms with Gasteiger partial charge >= 0.3 is 0 Å². The van der Waals surface area contributed by atoms with E-state index in [1.165, 1.54) is 22.9 Å². The van der Waals surface area contributed by atoms with Crippen molar-refractivity contribution in [3.63, 3.8) is 0 Å². The number of fused-ring (bicyclic) bond motifs is 1. The zero-order valence-electron chi connectivity index (χ0n) is 14.1. The summed E-state index contributed by atoms with van der Waals surface area (Å²) >= 11 is 1.42. The number of nitrogens with zero attached hydrogens (tertiary/aromatic N) is 1. The van der Waals surface area contributed by atoms with Crippen molar-refractivity contribution in [1.82, 2.24) is 15.3 Å². The van der Waals surface area contributed by atoms with Crippen LogP contribution in [0, 0.1) is 13.8 Å². The molecule has 5 heteroatoms. The predicted molar refractivity (Wildman–Crippen MR) is 99.3 cm³/mol. The van der Waals surface area contributed by atoms with Crippen LogP contribution >= 0.6 is 11.8 Å². The van der Waals surface area contributed by atoms with E-state index in [2.05, 4.69) is 41.3 Å². The summed E-state index contributed by atoms with van der Waals surface area (Å²) in [5.74, 6) is 0.346. The Morgan fingerprint density at radius 2 is 1.92 bits per heavy atom. The second-order valence-electron chi connectivity index (χ2n) is 5.98. The molecule has 1 aromatic heterocycles. The Kier molecular flexibility index (Phi) is 4.90. The second kappa shape index (κ2) is 7.09. The number of aryl methyl sites for hydroxylation is 2. The number of carbonyl (C=O) groups excluding carboxylic acids is 1. The van der Waals surface area contributed by atoms with E-state index < -0.39 is 0 Å². The maximum absolute atomic E-state index is 12.1. The normalized spacial score (nSPS) is 12.3. The Bertz CT molecular complexity index is 819. The summed E-state index contributed by atoms with van der Waals surface area (Å²) in [6.45, 7) is 6.15. The Morgan fingerprint density at radius 3 is 2.67 bits per heavy atom. The van der Waals surface area contributed by atoms with Gasteiger partial charge in [-0.15, -0.1) is 0 Å². The lowest BCUT2D eigenvalue weighted by atomic mass is 10.1. The molecule has 0 radical (unpaired) electrons. The van der Waals surface area contributed by atoms with E-state index in [4.69, 9.17) is 0 Å². The first-order valence-electron chi connectivity index (χ1n) is 7.97. The first kappa shape index (κ1) is 16.6. The van der Waals surface area contributed by atoms with E-state index in [1.807, 2.05) is 37.3 Å². The number of H-pyrrole nitrogens is 1. The fraction of sp³-hybridized carbons (Fsp3) is 0.263. The molecule has 0 bridgehead atoms. The molecule has 3 rings (SSSR count). The van der Waals surface area contributed by atoms with Gasteiger partial charge in [-0.1, -0.05) is 42.1 Å². The summed E-state index contributed by atoms with van der Waals surface area (Å²) in [7, 11) is 0. The lowest BCUT2D eigenvalue weighted by Crippen LogP contribution is -2.28. The van der Waals surface area contributed by atoms with Crippen LogP contribution in [-0.4, -0.2) is 21.6 Å². The fourth-order valence-electron chi connectivity index (χ4n) is 2.56. The minimum atomic E-state index is 0.000252. The number of hydrogen-bond acceptors (Lipinski definition) is 3. The SMILES string of the molecule is Cc1cc2nc(SCC(=O)N[C@@H](C)c3ccccc3)[nH]c2cc1C. The molecule has 1 heterocycles. The van der Waals surface area contributed by atoms with Gasteiger partial charge in [0.15, 0.2) is 5.16 Å². The molecular weight excluding hydrogens is 318 g/mol. The maximum Gasteiger partial charge on any atom is 0.230 e. The number of benzene rings is 2. The number of amides is 1. The van der Waals surface area contributed by atoms with E-state index >= 15 is 0 Å². The van der Waals surface area contributed by atoms with Crippen molar-refractivity contribution in [1.29, 1.82) is 0 Å². The molecule has 124 valence electrons. The molecule has 3 aromatic rings. The summed E-state index contributed by atoms with van der Waals surface area (Å²) < 4.78 is 0. The molecule has 1 amide bonds. The molecule has 24 heavy (non-hydrogen) atoms. The Balaban J connectivity index is 1.60. The molecule has 0 aliphatic carbocycles. The topological polar surface area (TPSA) is 57.8 Å². The smallest absolute Gasteiger partial charge is 0.230 e. The largest absolute Gasteiger partial charge is 0.349 e. The molecule has 1 atom stereocenters. The highest BCUT2D eigenvalue weighted by Crippen LogP contribution is 2.22. The first-order valence-corrected chi connectivity index (χ1v) is 8.95. The summed E-state index contributed by atoms with van der Waals surface area (Å²) in [6.07, 6.45) is 0. The van der Waals surface area contributed by atoms with Crippen LogP contribution in [0.2, 0.25) is 0 Å². The summed E-state index contributed by atoms with van der Waals surface area (Å²) in [4.78, 5) is 20.0. The number of carbonyl (C=O) groups is 1. The van der Waals surface area contributed by atoms with Gasteiger partial charge in [0.1, 0.15) is 0 Å². The molecule has 0 spiro atoms. The molecule has 4 nitrogen and oxygen atoms in total. The summed E-state index contributed by atoms with van der Waals surface area (Å²) in [5.41, 5.74) is 5.51. The Hall–Kier alpha value is -2.27. The summed E-state index contributed by atoms with van der Waals surface area (Å²) in [6, 6.07) is 14.1. The minimum Gasteiger partial charge on any atom is -0.349 e. The van der Waals surface area contributed by atoms with Gasteiger partial charge < -0.3 is 10.3 Å². The van der Waals surface area contributed by atoms with E-state index in [-0.39, 0.29) is 11.9 Å². The standard InChI is InChI=1S/C19H21N3OS/c1-12-9-16-17(10-13(12)2)22-19(21-16)24-11-18(23)20-14(3)15-7-5-4-6-8-15/h4-10,14H,11H2,1-3H3,(H,20,23)(H,21,22)/t14-/m0/s1. The first-order chi connectivity index (χ1) is 11.5. The summed E-state index contributed by atoms with van der Waals surface area (Å²) in [5, 5.41) is 3.79. The van der Waals surface area contributed by atoms with E-state index in [0.717, 1.165) is 21.8 Å². The van der Waals surface area contributed by atoms with Gasteiger partial charge in [0.2, 0.25) is 5.91 Å².